The SMILES string of the molecule is CN(C)C(=O)c1ccc(C#CCNC(=O)CCl)cc1. The third-order valence-electron chi connectivity index (χ3n) is 2.27. The molecule has 2 amide bonds. The average molecular weight is 279 g/mol. The Bertz CT molecular complexity index is 512. The molecule has 0 atom stereocenters. The minimum absolute atomic E-state index is 0.0473. The standard InChI is InChI=1S/C14H15ClN2O2/c1-17(2)14(19)12-7-5-11(6-8-12)4-3-9-16-13(18)10-15/h5-8H,9-10H2,1-2H3,(H,16,18). The van der Waals surface area contributed by atoms with Crippen LogP contribution in [0.4, 0.5) is 0 Å². The molecule has 1 aromatic carbocycles. The fraction of sp³-hybridized carbons (Fsp3) is 0.286. The van der Waals surface area contributed by atoms with Gasteiger partial charge in [0.1, 0.15) is 5.88 Å². The summed E-state index contributed by atoms with van der Waals surface area (Å²) in [6, 6.07) is 6.99. The van der Waals surface area contributed by atoms with Crippen molar-refractivity contribution in [1.82, 2.24) is 10.2 Å². The highest BCUT2D eigenvalue weighted by molar-refractivity contribution is 6.27. The van der Waals surface area contributed by atoms with Gasteiger partial charge in [-0.05, 0) is 24.3 Å². The van der Waals surface area contributed by atoms with Crippen LogP contribution in [0.1, 0.15) is 15.9 Å². The highest BCUT2D eigenvalue weighted by Gasteiger charge is 2.06. The van der Waals surface area contributed by atoms with E-state index in [1.165, 1.54) is 4.90 Å². The number of nitrogens with one attached hydrogen (secondary N) is 1. The predicted molar refractivity (Wildman–Crippen MR) is 75.1 cm³/mol. The zero-order valence-electron chi connectivity index (χ0n) is 10.9. The van der Waals surface area contributed by atoms with Crippen LogP contribution >= 0.6 is 11.6 Å². The van der Waals surface area contributed by atoms with Crippen molar-refractivity contribution in [2.45, 2.75) is 0 Å². The minimum Gasteiger partial charge on any atom is -0.345 e. The molecule has 19 heavy (non-hydrogen) atoms. The maximum atomic E-state index is 11.7. The van der Waals surface area contributed by atoms with E-state index in [2.05, 4.69) is 17.2 Å². The maximum Gasteiger partial charge on any atom is 0.253 e. The summed E-state index contributed by atoms with van der Waals surface area (Å²) in [7, 11) is 3.41. The van der Waals surface area contributed by atoms with E-state index in [0.29, 0.717) is 5.56 Å². The van der Waals surface area contributed by atoms with Crippen molar-refractivity contribution < 1.29 is 9.59 Å². The summed E-state index contributed by atoms with van der Waals surface area (Å²) < 4.78 is 0. The van der Waals surface area contributed by atoms with Crippen molar-refractivity contribution in [3.63, 3.8) is 0 Å². The molecule has 0 radical (unpaired) electrons. The zero-order chi connectivity index (χ0) is 14.3. The first-order valence-corrected chi connectivity index (χ1v) is 6.21. The highest BCUT2D eigenvalue weighted by Crippen LogP contribution is 2.05. The number of nitrogens with zero attached hydrogens (tertiary/aromatic N) is 1. The number of carbonyl (C=O) groups is 2. The van der Waals surface area contributed by atoms with E-state index in [-0.39, 0.29) is 24.2 Å². The molecule has 0 aliphatic carbocycles. The second-order valence-corrected chi connectivity index (χ2v) is 4.26. The topological polar surface area (TPSA) is 49.4 Å². The van der Waals surface area contributed by atoms with Crippen molar-refractivity contribution in [2.75, 3.05) is 26.5 Å². The second kappa shape index (κ2) is 7.45. The van der Waals surface area contributed by atoms with Gasteiger partial charge in [0, 0.05) is 25.2 Å². The van der Waals surface area contributed by atoms with Gasteiger partial charge < -0.3 is 10.2 Å². The van der Waals surface area contributed by atoms with E-state index in [0.717, 1.165) is 5.56 Å². The summed E-state index contributed by atoms with van der Waals surface area (Å²) in [6.45, 7) is 0.254. The lowest BCUT2D eigenvalue weighted by Gasteiger charge is -2.09. The molecule has 0 unspecified atom stereocenters. The van der Waals surface area contributed by atoms with E-state index in [9.17, 15) is 9.59 Å². The highest BCUT2D eigenvalue weighted by atomic mass is 35.5. The molecular weight excluding hydrogens is 264 g/mol. The van der Waals surface area contributed by atoms with Crippen molar-refractivity contribution in [1.29, 1.82) is 0 Å². The summed E-state index contributed by atoms with van der Waals surface area (Å²) in [5.74, 6) is 5.33. The van der Waals surface area contributed by atoms with Gasteiger partial charge in [-0.3, -0.25) is 9.59 Å². The Balaban J connectivity index is 2.60. The first kappa shape index (κ1) is 15.1. The molecule has 100 valence electrons. The van der Waals surface area contributed by atoms with Gasteiger partial charge in [0.15, 0.2) is 0 Å². The quantitative estimate of drug-likeness (QED) is 0.665. The molecule has 0 spiro atoms. The number of hydrogen-bond acceptors (Lipinski definition) is 2. The molecular formula is C14H15ClN2O2. The molecule has 0 saturated carbocycles. The van der Waals surface area contributed by atoms with Crippen LogP contribution < -0.4 is 5.32 Å². The van der Waals surface area contributed by atoms with Crippen LogP contribution in [0.5, 0.6) is 0 Å². The van der Waals surface area contributed by atoms with E-state index < -0.39 is 0 Å². The number of halogens is 1. The van der Waals surface area contributed by atoms with Gasteiger partial charge in [-0.1, -0.05) is 11.8 Å². The Hall–Kier alpha value is -1.99. The van der Waals surface area contributed by atoms with Crippen LogP contribution in [-0.4, -0.2) is 43.2 Å². The minimum atomic E-state index is -0.247. The number of rotatable bonds is 3. The molecule has 1 aromatic rings. The fourth-order valence-electron chi connectivity index (χ4n) is 1.29. The molecule has 5 heteroatoms. The van der Waals surface area contributed by atoms with Crippen LogP contribution in [0.15, 0.2) is 24.3 Å². The van der Waals surface area contributed by atoms with Gasteiger partial charge in [-0.15, -0.1) is 11.6 Å². The average Bonchev–Trinajstić information content (AvgIpc) is 2.43. The lowest BCUT2D eigenvalue weighted by Crippen LogP contribution is -2.24. The summed E-state index contributed by atoms with van der Waals surface area (Å²) in [5, 5.41) is 2.54. The van der Waals surface area contributed by atoms with Crippen LogP contribution in [0.3, 0.4) is 0 Å². The first-order valence-electron chi connectivity index (χ1n) is 5.68. The molecule has 0 fully saturated rings. The van der Waals surface area contributed by atoms with Gasteiger partial charge >= 0.3 is 0 Å². The summed E-state index contributed by atoms with van der Waals surface area (Å²) in [4.78, 5) is 24.0. The predicted octanol–water partition coefficient (Wildman–Crippen LogP) is 1.09. The van der Waals surface area contributed by atoms with Gasteiger partial charge in [-0.25, -0.2) is 0 Å². The van der Waals surface area contributed by atoms with Gasteiger partial charge in [0.2, 0.25) is 5.91 Å². The Morgan fingerprint density at radius 2 is 1.89 bits per heavy atom. The molecule has 0 saturated heterocycles. The Kier molecular flexibility index (Phi) is 5.91. The largest absolute Gasteiger partial charge is 0.345 e. The van der Waals surface area contributed by atoms with Crippen molar-refractivity contribution >= 4 is 23.4 Å². The number of alkyl halides is 1. The molecule has 1 rings (SSSR count). The van der Waals surface area contributed by atoms with Crippen molar-refractivity contribution in [3.8, 4) is 11.8 Å². The van der Waals surface area contributed by atoms with Crippen LogP contribution in [0.25, 0.3) is 0 Å². The Labute approximate surface area is 117 Å². The van der Waals surface area contributed by atoms with E-state index in [1.807, 2.05) is 0 Å². The third-order valence-corrected chi connectivity index (χ3v) is 2.51. The molecule has 0 bridgehead atoms. The second-order valence-electron chi connectivity index (χ2n) is 3.99. The van der Waals surface area contributed by atoms with Gasteiger partial charge in [0.05, 0.1) is 6.54 Å². The summed E-state index contributed by atoms with van der Waals surface area (Å²) in [6.07, 6.45) is 0. The van der Waals surface area contributed by atoms with E-state index >= 15 is 0 Å². The number of hydrogen-bond donors (Lipinski definition) is 1. The third kappa shape index (κ3) is 5.02. The zero-order valence-corrected chi connectivity index (χ0v) is 11.6. The monoisotopic (exact) mass is 278 g/mol. The summed E-state index contributed by atoms with van der Waals surface area (Å²) >= 11 is 5.32. The smallest absolute Gasteiger partial charge is 0.253 e. The molecule has 0 aliphatic heterocycles. The van der Waals surface area contributed by atoms with Crippen LogP contribution in [0, 0.1) is 11.8 Å². The molecule has 0 heterocycles. The first-order chi connectivity index (χ1) is 9.04. The van der Waals surface area contributed by atoms with E-state index in [1.54, 1.807) is 38.4 Å². The normalized spacial score (nSPS) is 9.21. The van der Waals surface area contributed by atoms with Crippen molar-refractivity contribution in [3.05, 3.63) is 35.4 Å². The molecule has 1 N–H and O–H groups in total. The van der Waals surface area contributed by atoms with E-state index in [4.69, 9.17) is 11.6 Å². The fourth-order valence-corrected chi connectivity index (χ4v) is 1.39. The van der Waals surface area contributed by atoms with Crippen molar-refractivity contribution in [2.24, 2.45) is 0 Å². The van der Waals surface area contributed by atoms with Gasteiger partial charge in [-0.2, -0.15) is 0 Å². The number of amides is 2. The van der Waals surface area contributed by atoms with Crippen LogP contribution in [0.2, 0.25) is 0 Å². The Morgan fingerprint density at radius 3 is 2.42 bits per heavy atom. The van der Waals surface area contributed by atoms with Gasteiger partial charge in [0.25, 0.3) is 5.91 Å². The number of carbonyl (C=O) groups excluding carboxylic acids is 2. The Morgan fingerprint density at radius 1 is 1.26 bits per heavy atom. The molecule has 4 nitrogen and oxygen atoms in total. The molecule has 0 aliphatic rings. The number of benzene rings is 1. The lowest BCUT2D eigenvalue weighted by molar-refractivity contribution is -0.118. The molecule has 0 aromatic heterocycles. The maximum absolute atomic E-state index is 11.7. The lowest BCUT2D eigenvalue weighted by atomic mass is 10.1. The van der Waals surface area contributed by atoms with Crippen LogP contribution in [-0.2, 0) is 4.79 Å². The summed E-state index contributed by atoms with van der Waals surface area (Å²) in [5.41, 5.74) is 1.40.